The maximum Gasteiger partial charge on any atom is 0.0640 e. The average Bonchev–Trinajstić information content (AvgIpc) is 3.49. The monoisotopic (exact) mass is 464 g/mol. The van der Waals surface area contributed by atoms with Crippen LogP contribution in [-0.2, 0) is 6.54 Å². The van der Waals surface area contributed by atoms with Crippen LogP contribution in [0.5, 0.6) is 0 Å². The van der Waals surface area contributed by atoms with Crippen LogP contribution < -0.4 is 0 Å². The van der Waals surface area contributed by atoms with E-state index in [0.717, 1.165) is 12.2 Å². The second-order valence-corrected chi connectivity index (χ2v) is 9.04. The van der Waals surface area contributed by atoms with Gasteiger partial charge in [0.2, 0.25) is 0 Å². The number of aromatic nitrogens is 2. The van der Waals surface area contributed by atoms with E-state index in [1.165, 1.54) is 49.4 Å². The van der Waals surface area contributed by atoms with Crippen LogP contribution in [-0.4, -0.2) is 9.13 Å². The molecular formula is C34H28N2. The van der Waals surface area contributed by atoms with Crippen molar-refractivity contribution in [1.29, 1.82) is 0 Å². The predicted octanol–water partition coefficient (Wildman–Crippen LogP) is 8.93. The second kappa shape index (κ2) is 9.24. The summed E-state index contributed by atoms with van der Waals surface area (Å²) >= 11 is 0. The molecule has 36 heavy (non-hydrogen) atoms. The molecule has 4 aromatic carbocycles. The van der Waals surface area contributed by atoms with Gasteiger partial charge in [0, 0.05) is 40.2 Å². The largest absolute Gasteiger partial charge is 0.342 e. The number of para-hydroxylation sites is 2. The molecule has 2 heterocycles. The van der Waals surface area contributed by atoms with Gasteiger partial charge in [-0.05, 0) is 48.4 Å². The summed E-state index contributed by atoms with van der Waals surface area (Å²) in [5.41, 5.74) is 8.56. The highest BCUT2D eigenvalue weighted by Gasteiger charge is 2.21. The molecule has 2 nitrogen and oxygen atoms in total. The van der Waals surface area contributed by atoms with Gasteiger partial charge in [0.05, 0.1) is 16.6 Å². The summed E-state index contributed by atoms with van der Waals surface area (Å²) in [5, 5.41) is 3.80. The molecule has 174 valence electrons. The summed E-state index contributed by atoms with van der Waals surface area (Å²) in [7, 11) is 0. The van der Waals surface area contributed by atoms with Crippen molar-refractivity contribution in [3.8, 4) is 5.69 Å². The van der Waals surface area contributed by atoms with Crippen LogP contribution in [0.2, 0.25) is 0 Å². The Kier molecular flexibility index (Phi) is 5.63. The Hall–Kier alpha value is -4.56. The number of hydrogen-bond acceptors (Lipinski definition) is 0. The zero-order valence-electron chi connectivity index (χ0n) is 20.4. The van der Waals surface area contributed by atoms with Crippen molar-refractivity contribution in [2.24, 2.45) is 0 Å². The number of benzene rings is 4. The number of fused-ring (bicyclic) bond motifs is 5. The van der Waals surface area contributed by atoms with E-state index in [1.54, 1.807) is 0 Å². The van der Waals surface area contributed by atoms with Gasteiger partial charge in [-0.2, -0.15) is 0 Å². The fourth-order valence-corrected chi connectivity index (χ4v) is 5.34. The first-order valence-corrected chi connectivity index (χ1v) is 12.4. The molecule has 0 N–H and O–H groups in total. The molecule has 2 aromatic heterocycles. The van der Waals surface area contributed by atoms with Crippen molar-refractivity contribution in [2.45, 2.75) is 13.5 Å². The lowest BCUT2D eigenvalue weighted by Gasteiger charge is -2.14. The van der Waals surface area contributed by atoms with Crippen molar-refractivity contribution in [3.63, 3.8) is 0 Å². The summed E-state index contributed by atoms with van der Waals surface area (Å²) in [6, 6.07) is 34.7. The minimum atomic E-state index is 0.830. The van der Waals surface area contributed by atoms with Gasteiger partial charge >= 0.3 is 0 Å². The van der Waals surface area contributed by atoms with E-state index >= 15 is 0 Å². The van der Waals surface area contributed by atoms with Crippen LogP contribution in [0, 0.1) is 0 Å². The molecule has 0 amide bonds. The molecule has 0 saturated heterocycles. The van der Waals surface area contributed by atoms with E-state index in [2.05, 4.69) is 138 Å². The number of nitrogens with zero attached hydrogens (tertiary/aromatic N) is 2. The number of hydrogen-bond donors (Lipinski definition) is 0. The first-order chi connectivity index (χ1) is 17.8. The van der Waals surface area contributed by atoms with Gasteiger partial charge in [-0.15, -0.1) is 0 Å². The van der Waals surface area contributed by atoms with Crippen molar-refractivity contribution >= 4 is 38.3 Å². The lowest BCUT2D eigenvalue weighted by molar-refractivity contribution is 0.839. The summed E-state index contributed by atoms with van der Waals surface area (Å²) in [6.07, 6.45) is 10.4. The van der Waals surface area contributed by atoms with Crippen molar-refractivity contribution in [2.75, 3.05) is 0 Å². The smallest absolute Gasteiger partial charge is 0.0640 e. The van der Waals surface area contributed by atoms with Gasteiger partial charge in [-0.1, -0.05) is 97.6 Å². The SMILES string of the molecule is C=C/C=C\C(=C/C)c1cc2ccn(Cc3ccccc3)c2c2c3ccccc3n(-c3ccccc3)c12. The molecule has 2 heteroatoms. The lowest BCUT2D eigenvalue weighted by Crippen LogP contribution is -2.00. The Bertz CT molecular complexity index is 1760. The van der Waals surface area contributed by atoms with E-state index in [4.69, 9.17) is 0 Å². The summed E-state index contributed by atoms with van der Waals surface area (Å²) in [5.74, 6) is 0. The molecule has 0 unspecified atom stereocenters. The van der Waals surface area contributed by atoms with Gasteiger partial charge in [0.15, 0.2) is 0 Å². The third-order valence-corrected chi connectivity index (χ3v) is 6.91. The Labute approximate surface area is 211 Å². The molecule has 6 rings (SSSR count). The first-order valence-electron chi connectivity index (χ1n) is 12.4. The van der Waals surface area contributed by atoms with Gasteiger partial charge in [0.25, 0.3) is 0 Å². The van der Waals surface area contributed by atoms with Crippen LogP contribution >= 0.6 is 0 Å². The number of allylic oxidation sites excluding steroid dienone is 5. The van der Waals surface area contributed by atoms with E-state index < -0.39 is 0 Å². The molecule has 0 saturated carbocycles. The molecule has 0 aliphatic rings. The van der Waals surface area contributed by atoms with Crippen molar-refractivity contribution < 1.29 is 0 Å². The van der Waals surface area contributed by atoms with E-state index in [0.29, 0.717) is 0 Å². The maximum absolute atomic E-state index is 3.89. The average molecular weight is 465 g/mol. The van der Waals surface area contributed by atoms with Crippen LogP contribution in [0.15, 0.2) is 134 Å². The zero-order chi connectivity index (χ0) is 24.5. The van der Waals surface area contributed by atoms with E-state index in [1.807, 2.05) is 12.2 Å². The highest BCUT2D eigenvalue weighted by molar-refractivity contribution is 6.23. The molecule has 0 radical (unpaired) electrons. The Morgan fingerprint density at radius 1 is 0.833 bits per heavy atom. The predicted molar refractivity (Wildman–Crippen MR) is 155 cm³/mol. The van der Waals surface area contributed by atoms with Gasteiger partial charge in [-0.25, -0.2) is 0 Å². The first kappa shape index (κ1) is 21.9. The maximum atomic E-state index is 3.89. The highest BCUT2D eigenvalue weighted by Crippen LogP contribution is 2.41. The topological polar surface area (TPSA) is 9.86 Å². The van der Waals surface area contributed by atoms with Gasteiger partial charge < -0.3 is 9.13 Å². The van der Waals surface area contributed by atoms with Crippen molar-refractivity contribution in [3.05, 3.63) is 145 Å². The molecule has 0 atom stereocenters. The molecule has 0 aliphatic carbocycles. The molecule has 6 aromatic rings. The molecule has 0 bridgehead atoms. The number of rotatable bonds is 6. The molecule has 0 spiro atoms. The Morgan fingerprint density at radius 3 is 2.31 bits per heavy atom. The second-order valence-electron chi connectivity index (χ2n) is 9.04. The zero-order valence-corrected chi connectivity index (χ0v) is 20.4. The third kappa shape index (κ3) is 3.59. The van der Waals surface area contributed by atoms with E-state index in [-0.39, 0.29) is 0 Å². The minimum Gasteiger partial charge on any atom is -0.342 e. The highest BCUT2D eigenvalue weighted by atomic mass is 15.0. The van der Waals surface area contributed by atoms with Crippen molar-refractivity contribution in [1.82, 2.24) is 9.13 Å². The van der Waals surface area contributed by atoms with Gasteiger partial charge in [-0.3, -0.25) is 0 Å². The summed E-state index contributed by atoms with van der Waals surface area (Å²) < 4.78 is 4.82. The Morgan fingerprint density at radius 2 is 1.56 bits per heavy atom. The normalized spacial score (nSPS) is 12.3. The lowest BCUT2D eigenvalue weighted by atomic mass is 9.98. The van der Waals surface area contributed by atoms with E-state index in [9.17, 15) is 0 Å². The molecule has 0 fully saturated rings. The quantitative estimate of drug-likeness (QED) is 0.218. The fraction of sp³-hybridized carbons (Fsp3) is 0.0588. The molecule has 0 aliphatic heterocycles. The van der Waals surface area contributed by atoms with Gasteiger partial charge in [0.1, 0.15) is 0 Å². The van der Waals surface area contributed by atoms with Crippen LogP contribution in [0.3, 0.4) is 0 Å². The Balaban J connectivity index is 1.79. The molecular weight excluding hydrogens is 436 g/mol. The fourth-order valence-electron chi connectivity index (χ4n) is 5.34. The van der Waals surface area contributed by atoms with Crippen LogP contribution in [0.4, 0.5) is 0 Å². The summed E-state index contributed by atoms with van der Waals surface area (Å²) in [4.78, 5) is 0. The standard InChI is InChI=1S/C34H28N2/c1-3-5-16-26(4-2)30-23-27-21-22-35(24-25-14-8-6-9-15-25)33(27)32-29-19-12-13-20-31(29)36(34(30)32)28-17-10-7-11-18-28/h3-23H,1,24H2,2H3/b16-5-,26-4+. The summed E-state index contributed by atoms with van der Waals surface area (Å²) in [6.45, 7) is 6.83. The van der Waals surface area contributed by atoms with Crippen LogP contribution in [0.25, 0.3) is 44.0 Å². The van der Waals surface area contributed by atoms with Crippen LogP contribution in [0.1, 0.15) is 18.1 Å². The minimum absolute atomic E-state index is 0.830. The third-order valence-electron chi connectivity index (χ3n) is 6.91.